The zero-order valence-electron chi connectivity index (χ0n) is 20.6. The summed E-state index contributed by atoms with van der Waals surface area (Å²) in [5.74, 6) is -1.55. The van der Waals surface area contributed by atoms with Crippen LogP contribution >= 0.6 is 0 Å². The van der Waals surface area contributed by atoms with E-state index in [-0.39, 0.29) is 48.4 Å². The van der Waals surface area contributed by atoms with Gasteiger partial charge in [-0.15, -0.1) is 0 Å². The molecule has 0 bridgehead atoms. The minimum atomic E-state index is -1.02. The fourth-order valence-corrected chi connectivity index (χ4v) is 5.53. The number of para-hydroxylation sites is 1. The fraction of sp³-hybridized carbons (Fsp3) is 0.233. The van der Waals surface area contributed by atoms with Crippen molar-refractivity contribution in [3.05, 3.63) is 111 Å². The first-order valence-corrected chi connectivity index (χ1v) is 12.5. The third kappa shape index (κ3) is 4.34. The molecule has 2 aliphatic rings. The number of carboxylic acids is 1. The summed E-state index contributed by atoms with van der Waals surface area (Å²) in [5, 5.41) is 20.2. The predicted molar refractivity (Wildman–Crippen MR) is 138 cm³/mol. The lowest BCUT2D eigenvalue weighted by atomic mass is 9.89. The van der Waals surface area contributed by atoms with Crippen LogP contribution in [0.15, 0.2) is 77.6 Å². The number of nitriles is 1. The molecule has 1 N–H and O–H groups in total. The van der Waals surface area contributed by atoms with Gasteiger partial charge in [0, 0.05) is 11.3 Å². The van der Waals surface area contributed by atoms with Gasteiger partial charge in [-0.1, -0.05) is 42.5 Å². The number of hydrogen-bond donors (Lipinski definition) is 1. The van der Waals surface area contributed by atoms with E-state index in [0.717, 1.165) is 0 Å². The molecule has 0 unspecified atom stereocenters. The second kappa shape index (κ2) is 9.98. The number of aromatic carboxylic acids is 1. The molecule has 8 nitrogen and oxygen atoms in total. The second-order valence-corrected chi connectivity index (χ2v) is 9.60. The van der Waals surface area contributed by atoms with Gasteiger partial charge in [0.25, 0.3) is 5.56 Å². The Balaban J connectivity index is 1.34. The maximum Gasteiger partial charge on any atom is 0.335 e. The number of hydrogen-bond acceptors (Lipinski definition) is 6. The van der Waals surface area contributed by atoms with Crippen LogP contribution in [0.1, 0.15) is 33.0 Å². The predicted octanol–water partition coefficient (Wildman–Crippen LogP) is 4.09. The monoisotopic (exact) mass is 526 g/mol. The maximum atomic E-state index is 13.5. The van der Waals surface area contributed by atoms with Gasteiger partial charge in [-0.25, -0.2) is 9.18 Å². The molecular weight excluding hydrogens is 503 g/mol. The van der Waals surface area contributed by atoms with Crippen LogP contribution in [0, 0.1) is 17.1 Å². The highest BCUT2D eigenvalue weighted by atomic mass is 19.1. The number of nitrogens with zero attached hydrogens (tertiary/aromatic N) is 2. The van der Waals surface area contributed by atoms with Crippen LogP contribution < -0.4 is 10.3 Å². The SMILES string of the molecule is N#Cc1c(O[C@H]2CO[C@H]3[C@H]2OC[C@@H]3c2ccccc2C(=O)O)c2ccccc2n(Cc2ccc(F)cc2)c1=O. The van der Waals surface area contributed by atoms with Crippen LogP contribution in [0.4, 0.5) is 4.39 Å². The van der Waals surface area contributed by atoms with Crippen LogP contribution in [0.25, 0.3) is 10.9 Å². The molecule has 0 radical (unpaired) electrons. The van der Waals surface area contributed by atoms with Gasteiger partial charge in [0.1, 0.15) is 18.0 Å². The first-order chi connectivity index (χ1) is 19.0. The summed E-state index contributed by atoms with van der Waals surface area (Å²) in [4.78, 5) is 25.3. The van der Waals surface area contributed by atoms with E-state index in [4.69, 9.17) is 14.2 Å². The van der Waals surface area contributed by atoms with Crippen molar-refractivity contribution in [1.29, 1.82) is 5.26 Å². The molecule has 0 saturated carbocycles. The molecule has 1 aromatic heterocycles. The van der Waals surface area contributed by atoms with Crippen LogP contribution in [0.5, 0.6) is 5.75 Å². The summed E-state index contributed by atoms with van der Waals surface area (Å²) >= 11 is 0. The third-order valence-corrected chi connectivity index (χ3v) is 7.36. The minimum Gasteiger partial charge on any atom is -0.483 e. The van der Waals surface area contributed by atoms with E-state index in [1.54, 1.807) is 60.7 Å². The fourth-order valence-electron chi connectivity index (χ4n) is 5.53. The van der Waals surface area contributed by atoms with Crippen molar-refractivity contribution in [1.82, 2.24) is 4.57 Å². The first kappa shape index (κ1) is 24.8. The molecule has 3 heterocycles. The van der Waals surface area contributed by atoms with Gasteiger partial charge in [-0.05, 0) is 41.5 Å². The lowest BCUT2D eigenvalue weighted by molar-refractivity contribution is 0.0309. The molecule has 3 aromatic carbocycles. The topological polar surface area (TPSA) is 111 Å². The van der Waals surface area contributed by atoms with E-state index < -0.39 is 29.8 Å². The standard InChI is InChI=1S/C30H23FN2O6/c31-18-11-9-17(10-12-18)14-33-24-8-4-3-7-21(24)26(22(13-32)29(33)34)39-25-16-38-27-23(15-37-28(25)27)19-5-1-2-6-20(19)30(35)36/h1-12,23,25,27-28H,14-16H2,(H,35,36)/t23-,25+,27-,28+/m1/s1. The Bertz CT molecular complexity index is 1680. The molecule has 39 heavy (non-hydrogen) atoms. The van der Waals surface area contributed by atoms with Gasteiger partial charge in [0.2, 0.25) is 0 Å². The van der Waals surface area contributed by atoms with Gasteiger partial charge in [-0.3, -0.25) is 4.79 Å². The highest BCUT2D eigenvalue weighted by Crippen LogP contribution is 2.41. The van der Waals surface area contributed by atoms with Crippen molar-refractivity contribution in [3.63, 3.8) is 0 Å². The Hall–Kier alpha value is -4.52. The zero-order valence-corrected chi connectivity index (χ0v) is 20.6. The molecule has 0 aliphatic carbocycles. The Labute approximate surface area is 222 Å². The van der Waals surface area contributed by atoms with E-state index in [9.17, 15) is 24.3 Å². The summed E-state index contributed by atoms with van der Waals surface area (Å²) in [6.07, 6.45) is -1.56. The number of carboxylic acid groups (broad SMARTS) is 1. The van der Waals surface area contributed by atoms with E-state index >= 15 is 0 Å². The quantitative estimate of drug-likeness (QED) is 0.403. The Morgan fingerprint density at radius 2 is 1.74 bits per heavy atom. The summed E-state index contributed by atoms with van der Waals surface area (Å²) in [5.41, 5.74) is 1.43. The average molecular weight is 527 g/mol. The molecule has 2 aliphatic heterocycles. The number of benzene rings is 3. The van der Waals surface area contributed by atoms with Crippen molar-refractivity contribution in [2.75, 3.05) is 13.2 Å². The molecule has 0 spiro atoms. The molecule has 6 rings (SSSR count). The van der Waals surface area contributed by atoms with E-state index in [0.29, 0.717) is 22.0 Å². The van der Waals surface area contributed by atoms with Crippen molar-refractivity contribution >= 4 is 16.9 Å². The number of fused-ring (bicyclic) bond motifs is 2. The lowest BCUT2D eigenvalue weighted by Gasteiger charge is -2.21. The number of pyridine rings is 1. The Morgan fingerprint density at radius 1 is 1.03 bits per heavy atom. The summed E-state index contributed by atoms with van der Waals surface area (Å²) in [7, 11) is 0. The van der Waals surface area contributed by atoms with Gasteiger partial charge in [0.05, 0.1) is 36.9 Å². The highest BCUT2D eigenvalue weighted by Gasteiger charge is 2.50. The van der Waals surface area contributed by atoms with Crippen LogP contribution in [-0.4, -0.2) is 47.2 Å². The minimum absolute atomic E-state index is 0.148. The highest BCUT2D eigenvalue weighted by molar-refractivity contribution is 5.90. The zero-order chi connectivity index (χ0) is 27.1. The van der Waals surface area contributed by atoms with Gasteiger partial charge >= 0.3 is 5.97 Å². The number of aromatic nitrogens is 1. The van der Waals surface area contributed by atoms with Crippen molar-refractivity contribution in [2.24, 2.45) is 0 Å². The summed E-state index contributed by atoms with van der Waals surface area (Å²) in [6, 6.07) is 21.8. The smallest absolute Gasteiger partial charge is 0.335 e. The molecule has 2 saturated heterocycles. The molecule has 2 fully saturated rings. The Morgan fingerprint density at radius 3 is 2.51 bits per heavy atom. The third-order valence-electron chi connectivity index (χ3n) is 7.36. The van der Waals surface area contributed by atoms with Crippen molar-refractivity contribution in [2.45, 2.75) is 30.8 Å². The van der Waals surface area contributed by atoms with Crippen LogP contribution in [-0.2, 0) is 16.0 Å². The number of carbonyl (C=O) groups is 1. The first-order valence-electron chi connectivity index (χ1n) is 12.5. The van der Waals surface area contributed by atoms with Crippen LogP contribution in [0.3, 0.4) is 0 Å². The average Bonchev–Trinajstić information content (AvgIpc) is 3.55. The normalized spacial score (nSPS) is 21.9. The summed E-state index contributed by atoms with van der Waals surface area (Å²) in [6.45, 7) is 0.559. The van der Waals surface area contributed by atoms with Gasteiger partial charge in [-0.2, -0.15) is 5.26 Å². The number of halogens is 1. The largest absolute Gasteiger partial charge is 0.483 e. The van der Waals surface area contributed by atoms with Crippen molar-refractivity contribution < 1.29 is 28.5 Å². The maximum absolute atomic E-state index is 13.5. The van der Waals surface area contributed by atoms with E-state index in [2.05, 4.69) is 0 Å². The molecule has 0 amide bonds. The van der Waals surface area contributed by atoms with E-state index in [1.807, 2.05) is 6.07 Å². The molecule has 4 atom stereocenters. The molecular formula is C30H23FN2O6. The Kier molecular flexibility index (Phi) is 6.35. The molecule has 196 valence electrons. The summed E-state index contributed by atoms with van der Waals surface area (Å²) < 4.78 is 33.3. The molecule has 9 heteroatoms. The second-order valence-electron chi connectivity index (χ2n) is 9.60. The van der Waals surface area contributed by atoms with Crippen LogP contribution in [0.2, 0.25) is 0 Å². The number of ether oxygens (including phenoxy) is 3. The van der Waals surface area contributed by atoms with Crippen molar-refractivity contribution in [3.8, 4) is 11.8 Å². The molecule has 4 aromatic rings. The van der Waals surface area contributed by atoms with Gasteiger partial charge in [0.15, 0.2) is 17.4 Å². The number of rotatable bonds is 6. The lowest BCUT2D eigenvalue weighted by Crippen LogP contribution is -2.34. The van der Waals surface area contributed by atoms with Gasteiger partial charge < -0.3 is 23.9 Å². The van der Waals surface area contributed by atoms with E-state index in [1.165, 1.54) is 16.7 Å².